The highest BCUT2D eigenvalue weighted by atomic mass is 16.6. The van der Waals surface area contributed by atoms with Crippen molar-refractivity contribution in [1.29, 1.82) is 0 Å². The van der Waals surface area contributed by atoms with Gasteiger partial charge in [-0.3, -0.25) is 14.9 Å². The monoisotopic (exact) mass is 427 g/mol. The molecule has 0 fully saturated rings. The SMILES string of the molecule is CCOc1cc(/C=C/c2onc(C)c2[N+](=O)[O-])ccc1OCC(=O)NCc1ccco1. The van der Waals surface area contributed by atoms with Gasteiger partial charge in [0.05, 0.1) is 24.3 Å². The van der Waals surface area contributed by atoms with E-state index in [1.165, 1.54) is 19.3 Å². The number of nitrogens with zero attached hydrogens (tertiary/aromatic N) is 2. The van der Waals surface area contributed by atoms with E-state index in [2.05, 4.69) is 10.5 Å². The maximum Gasteiger partial charge on any atom is 0.338 e. The Balaban J connectivity index is 1.66. The summed E-state index contributed by atoms with van der Waals surface area (Å²) in [5, 5.41) is 17.5. The lowest BCUT2D eigenvalue weighted by atomic mass is 10.1. The van der Waals surface area contributed by atoms with Crippen molar-refractivity contribution < 1.29 is 28.1 Å². The molecule has 1 aromatic carbocycles. The Morgan fingerprint density at radius 2 is 2.10 bits per heavy atom. The minimum Gasteiger partial charge on any atom is -0.490 e. The second kappa shape index (κ2) is 10.1. The van der Waals surface area contributed by atoms with Crippen LogP contribution in [0.3, 0.4) is 0 Å². The average Bonchev–Trinajstić information content (AvgIpc) is 3.39. The Labute approximate surface area is 177 Å². The first kappa shape index (κ1) is 21.6. The number of nitrogens with one attached hydrogen (secondary N) is 1. The number of nitro groups is 1. The first-order chi connectivity index (χ1) is 15.0. The quantitative estimate of drug-likeness (QED) is 0.382. The molecule has 3 rings (SSSR count). The third kappa shape index (κ3) is 5.72. The van der Waals surface area contributed by atoms with Gasteiger partial charge in [0.25, 0.3) is 5.91 Å². The molecule has 162 valence electrons. The maximum atomic E-state index is 12.0. The van der Waals surface area contributed by atoms with Crippen molar-refractivity contribution in [1.82, 2.24) is 10.5 Å². The van der Waals surface area contributed by atoms with Gasteiger partial charge >= 0.3 is 5.69 Å². The Bertz CT molecular complexity index is 1070. The van der Waals surface area contributed by atoms with Crippen LogP contribution in [0, 0.1) is 17.0 Å². The number of hydrogen-bond acceptors (Lipinski definition) is 8. The molecule has 10 nitrogen and oxygen atoms in total. The number of aromatic nitrogens is 1. The maximum absolute atomic E-state index is 12.0. The highest BCUT2D eigenvalue weighted by molar-refractivity contribution is 5.77. The van der Waals surface area contributed by atoms with Gasteiger partial charge in [-0.2, -0.15) is 0 Å². The lowest BCUT2D eigenvalue weighted by molar-refractivity contribution is -0.386. The van der Waals surface area contributed by atoms with Crippen LogP contribution in [0.1, 0.15) is 29.7 Å². The number of carbonyl (C=O) groups excluding carboxylic acids is 1. The van der Waals surface area contributed by atoms with Crippen LogP contribution >= 0.6 is 0 Å². The summed E-state index contributed by atoms with van der Waals surface area (Å²) in [6, 6.07) is 8.58. The molecular formula is C21H21N3O7. The van der Waals surface area contributed by atoms with E-state index in [1.807, 2.05) is 6.92 Å². The van der Waals surface area contributed by atoms with Crippen LogP contribution in [0.25, 0.3) is 12.2 Å². The third-order valence-corrected chi connectivity index (χ3v) is 4.13. The van der Waals surface area contributed by atoms with E-state index in [0.29, 0.717) is 29.4 Å². The molecule has 0 saturated heterocycles. The second-order valence-corrected chi connectivity index (χ2v) is 6.36. The van der Waals surface area contributed by atoms with Crippen LogP contribution in [0.15, 0.2) is 45.5 Å². The number of rotatable bonds is 10. The van der Waals surface area contributed by atoms with Gasteiger partial charge in [0.1, 0.15) is 5.76 Å². The molecule has 1 N–H and O–H groups in total. The minimum absolute atomic E-state index is 0.0500. The molecule has 0 bridgehead atoms. The highest BCUT2D eigenvalue weighted by Gasteiger charge is 2.22. The summed E-state index contributed by atoms with van der Waals surface area (Å²) in [7, 11) is 0. The van der Waals surface area contributed by atoms with Crippen LogP contribution in [0.2, 0.25) is 0 Å². The molecule has 0 aliphatic carbocycles. The summed E-state index contributed by atoms with van der Waals surface area (Å²) < 4.78 is 21.3. The van der Waals surface area contributed by atoms with Crippen molar-refractivity contribution in [2.45, 2.75) is 20.4 Å². The van der Waals surface area contributed by atoms with Crippen LogP contribution in [0.5, 0.6) is 11.5 Å². The van der Waals surface area contributed by atoms with Gasteiger partial charge in [-0.1, -0.05) is 17.3 Å². The zero-order valence-electron chi connectivity index (χ0n) is 17.0. The molecule has 0 radical (unpaired) electrons. The van der Waals surface area contributed by atoms with E-state index in [-0.39, 0.29) is 36.2 Å². The van der Waals surface area contributed by atoms with E-state index in [1.54, 1.807) is 36.4 Å². The number of carbonyl (C=O) groups is 1. The summed E-state index contributed by atoms with van der Waals surface area (Å²) in [5.74, 6) is 1.21. The number of amides is 1. The Hall–Kier alpha value is -4.08. The fourth-order valence-corrected chi connectivity index (χ4v) is 2.69. The van der Waals surface area contributed by atoms with Crippen LogP contribution in [-0.2, 0) is 11.3 Å². The average molecular weight is 427 g/mol. The van der Waals surface area contributed by atoms with Gasteiger partial charge in [0.2, 0.25) is 5.76 Å². The van der Waals surface area contributed by atoms with Gasteiger partial charge < -0.3 is 23.7 Å². The molecule has 0 saturated carbocycles. The predicted molar refractivity (Wildman–Crippen MR) is 110 cm³/mol. The Kier molecular flexibility index (Phi) is 7.05. The lowest BCUT2D eigenvalue weighted by Gasteiger charge is -2.12. The van der Waals surface area contributed by atoms with E-state index in [0.717, 1.165) is 0 Å². The third-order valence-electron chi connectivity index (χ3n) is 4.13. The number of hydrogen-bond donors (Lipinski definition) is 1. The van der Waals surface area contributed by atoms with Crippen LogP contribution in [-0.4, -0.2) is 29.2 Å². The molecular weight excluding hydrogens is 406 g/mol. The van der Waals surface area contributed by atoms with Crippen LogP contribution < -0.4 is 14.8 Å². The van der Waals surface area contributed by atoms with Crippen molar-refractivity contribution >= 4 is 23.7 Å². The zero-order valence-corrected chi connectivity index (χ0v) is 17.0. The molecule has 2 aromatic heterocycles. The normalized spacial score (nSPS) is 10.9. The number of benzene rings is 1. The smallest absolute Gasteiger partial charge is 0.338 e. The molecule has 10 heteroatoms. The molecule has 2 heterocycles. The summed E-state index contributed by atoms with van der Waals surface area (Å²) in [6.07, 6.45) is 4.63. The zero-order chi connectivity index (χ0) is 22.2. The lowest BCUT2D eigenvalue weighted by Crippen LogP contribution is -2.28. The molecule has 3 aromatic rings. The van der Waals surface area contributed by atoms with Crippen molar-refractivity contribution in [2.75, 3.05) is 13.2 Å². The first-order valence-corrected chi connectivity index (χ1v) is 9.45. The molecule has 31 heavy (non-hydrogen) atoms. The topological polar surface area (TPSA) is 130 Å². The second-order valence-electron chi connectivity index (χ2n) is 6.36. The van der Waals surface area contributed by atoms with Gasteiger partial charge in [-0.15, -0.1) is 0 Å². The molecule has 0 spiro atoms. The van der Waals surface area contributed by atoms with Crippen molar-refractivity contribution in [3.63, 3.8) is 0 Å². The first-order valence-electron chi connectivity index (χ1n) is 9.45. The molecule has 1 amide bonds. The standard InChI is InChI=1S/C21H21N3O7/c1-3-28-19-11-15(7-9-18-21(24(26)27)14(2)23-31-18)6-8-17(19)30-13-20(25)22-12-16-5-4-10-29-16/h4-11H,3,12-13H2,1-2H3,(H,22,25)/b9-7+. The molecule has 0 aliphatic heterocycles. The van der Waals surface area contributed by atoms with E-state index >= 15 is 0 Å². The fraction of sp³-hybridized carbons (Fsp3) is 0.238. The Morgan fingerprint density at radius 3 is 2.81 bits per heavy atom. The van der Waals surface area contributed by atoms with Crippen LogP contribution in [0.4, 0.5) is 5.69 Å². The van der Waals surface area contributed by atoms with E-state index in [4.69, 9.17) is 18.4 Å². The molecule has 0 atom stereocenters. The van der Waals surface area contributed by atoms with Gasteiger partial charge in [0.15, 0.2) is 23.8 Å². The van der Waals surface area contributed by atoms with Gasteiger partial charge in [-0.25, -0.2) is 0 Å². The summed E-state index contributed by atoms with van der Waals surface area (Å²) >= 11 is 0. The van der Waals surface area contributed by atoms with E-state index in [9.17, 15) is 14.9 Å². The highest BCUT2D eigenvalue weighted by Crippen LogP contribution is 2.30. The van der Waals surface area contributed by atoms with Gasteiger partial charge in [-0.05, 0) is 49.8 Å². The summed E-state index contributed by atoms with van der Waals surface area (Å²) in [6.45, 7) is 3.79. The van der Waals surface area contributed by atoms with Crippen molar-refractivity contribution in [2.24, 2.45) is 0 Å². The fourth-order valence-electron chi connectivity index (χ4n) is 2.69. The number of furan rings is 1. The Morgan fingerprint density at radius 1 is 1.26 bits per heavy atom. The minimum atomic E-state index is -0.537. The summed E-state index contributed by atoms with van der Waals surface area (Å²) in [5.41, 5.74) is 0.719. The van der Waals surface area contributed by atoms with Crippen molar-refractivity contribution in [3.8, 4) is 11.5 Å². The number of ether oxygens (including phenoxy) is 2. The molecule has 0 unspecified atom stereocenters. The number of aryl methyl sites for hydroxylation is 1. The van der Waals surface area contributed by atoms with Crippen molar-refractivity contribution in [3.05, 3.63) is 69.5 Å². The predicted octanol–water partition coefficient (Wildman–Crippen LogP) is 3.75. The van der Waals surface area contributed by atoms with Gasteiger partial charge in [0, 0.05) is 0 Å². The van der Waals surface area contributed by atoms with E-state index < -0.39 is 4.92 Å². The summed E-state index contributed by atoms with van der Waals surface area (Å²) in [4.78, 5) is 22.6. The molecule has 0 aliphatic rings. The largest absolute Gasteiger partial charge is 0.490 e.